The van der Waals surface area contributed by atoms with Gasteiger partial charge in [-0.25, -0.2) is 4.72 Å². The van der Waals surface area contributed by atoms with Gasteiger partial charge in [-0.3, -0.25) is 0 Å². The van der Waals surface area contributed by atoms with E-state index < -0.39 is 10.2 Å². The van der Waals surface area contributed by atoms with Crippen LogP contribution in [0.3, 0.4) is 0 Å². The zero-order valence-electron chi connectivity index (χ0n) is 10.7. The molecule has 0 amide bonds. The fourth-order valence-corrected chi connectivity index (χ4v) is 3.38. The Kier molecular flexibility index (Phi) is 5.83. The SMILES string of the molecule is CC1CCCN(S(=O)(=O)NCCC/C(N)=N/O)C1. The van der Waals surface area contributed by atoms with Gasteiger partial charge in [0.25, 0.3) is 10.2 Å². The highest BCUT2D eigenvalue weighted by molar-refractivity contribution is 7.87. The zero-order valence-corrected chi connectivity index (χ0v) is 11.5. The van der Waals surface area contributed by atoms with Crippen LogP contribution in [0, 0.1) is 5.92 Å². The fraction of sp³-hybridized carbons (Fsp3) is 0.900. The molecule has 1 atom stereocenters. The minimum Gasteiger partial charge on any atom is -0.409 e. The molecular formula is C10H22N4O3S. The maximum absolute atomic E-state index is 11.9. The second-order valence-electron chi connectivity index (χ2n) is 4.70. The second kappa shape index (κ2) is 6.91. The van der Waals surface area contributed by atoms with Crippen molar-refractivity contribution in [1.29, 1.82) is 0 Å². The third kappa shape index (κ3) is 4.79. The van der Waals surface area contributed by atoms with Crippen LogP contribution in [0.15, 0.2) is 5.16 Å². The molecule has 8 heteroatoms. The summed E-state index contributed by atoms with van der Waals surface area (Å²) in [4.78, 5) is 0. The first-order valence-electron chi connectivity index (χ1n) is 6.17. The molecule has 7 nitrogen and oxygen atoms in total. The lowest BCUT2D eigenvalue weighted by atomic mass is 10.0. The van der Waals surface area contributed by atoms with Crippen LogP contribution >= 0.6 is 0 Å². The lowest BCUT2D eigenvalue weighted by molar-refractivity contribution is 0.278. The first-order chi connectivity index (χ1) is 8.45. The smallest absolute Gasteiger partial charge is 0.279 e. The van der Waals surface area contributed by atoms with E-state index in [0.29, 0.717) is 38.4 Å². The highest BCUT2D eigenvalue weighted by Crippen LogP contribution is 2.17. The van der Waals surface area contributed by atoms with Crippen molar-refractivity contribution in [3.63, 3.8) is 0 Å². The van der Waals surface area contributed by atoms with Crippen LogP contribution in [0.1, 0.15) is 32.6 Å². The molecular weight excluding hydrogens is 256 g/mol. The number of hydrogen-bond acceptors (Lipinski definition) is 4. The van der Waals surface area contributed by atoms with E-state index in [4.69, 9.17) is 10.9 Å². The van der Waals surface area contributed by atoms with Crippen LogP contribution in [-0.4, -0.2) is 43.4 Å². The molecule has 18 heavy (non-hydrogen) atoms. The van der Waals surface area contributed by atoms with Crippen LogP contribution in [0.4, 0.5) is 0 Å². The van der Waals surface area contributed by atoms with Crippen molar-refractivity contribution in [2.45, 2.75) is 32.6 Å². The van der Waals surface area contributed by atoms with Gasteiger partial charge in [-0.15, -0.1) is 0 Å². The maximum Gasteiger partial charge on any atom is 0.279 e. The van der Waals surface area contributed by atoms with Crippen LogP contribution < -0.4 is 10.5 Å². The molecule has 4 N–H and O–H groups in total. The van der Waals surface area contributed by atoms with Crippen molar-refractivity contribution in [2.75, 3.05) is 19.6 Å². The summed E-state index contributed by atoms with van der Waals surface area (Å²) in [7, 11) is -3.38. The summed E-state index contributed by atoms with van der Waals surface area (Å²) >= 11 is 0. The third-order valence-electron chi connectivity index (χ3n) is 2.98. The van der Waals surface area contributed by atoms with Gasteiger partial charge in [-0.2, -0.15) is 12.7 Å². The Balaban J connectivity index is 2.35. The molecule has 1 heterocycles. The predicted molar refractivity (Wildman–Crippen MR) is 69.5 cm³/mol. The summed E-state index contributed by atoms with van der Waals surface area (Å²) in [5.41, 5.74) is 5.30. The van der Waals surface area contributed by atoms with Gasteiger partial charge in [0, 0.05) is 26.1 Å². The number of amidine groups is 1. The Hall–Kier alpha value is -0.860. The van der Waals surface area contributed by atoms with E-state index in [9.17, 15) is 8.42 Å². The number of hydrogen-bond donors (Lipinski definition) is 3. The summed E-state index contributed by atoms with van der Waals surface area (Å²) in [6.45, 7) is 3.51. The lowest BCUT2D eigenvalue weighted by Crippen LogP contribution is -2.45. The molecule has 0 bridgehead atoms. The third-order valence-corrected chi connectivity index (χ3v) is 4.56. The van der Waals surface area contributed by atoms with Crippen LogP contribution in [-0.2, 0) is 10.2 Å². The van der Waals surface area contributed by atoms with E-state index in [1.165, 1.54) is 4.31 Å². The molecule has 1 unspecified atom stereocenters. The Morgan fingerprint density at radius 2 is 2.33 bits per heavy atom. The number of nitrogens with two attached hydrogens (primary N) is 1. The molecule has 0 aliphatic carbocycles. The van der Waals surface area contributed by atoms with Gasteiger partial charge >= 0.3 is 0 Å². The van der Waals surface area contributed by atoms with Crippen molar-refractivity contribution >= 4 is 16.0 Å². The summed E-state index contributed by atoms with van der Waals surface area (Å²) in [6, 6.07) is 0. The molecule has 1 aliphatic heterocycles. The molecule has 1 fully saturated rings. The minimum absolute atomic E-state index is 0.112. The number of nitrogens with zero attached hydrogens (tertiary/aromatic N) is 2. The number of piperidine rings is 1. The molecule has 0 radical (unpaired) electrons. The Morgan fingerprint density at radius 3 is 2.94 bits per heavy atom. The summed E-state index contributed by atoms with van der Waals surface area (Å²) < 4.78 is 27.9. The van der Waals surface area contributed by atoms with Crippen molar-refractivity contribution in [3.05, 3.63) is 0 Å². The van der Waals surface area contributed by atoms with E-state index >= 15 is 0 Å². The van der Waals surface area contributed by atoms with E-state index in [-0.39, 0.29) is 5.84 Å². The van der Waals surface area contributed by atoms with Crippen LogP contribution in [0.2, 0.25) is 0 Å². The first kappa shape index (κ1) is 15.2. The van der Waals surface area contributed by atoms with Crippen molar-refractivity contribution in [3.8, 4) is 0 Å². The van der Waals surface area contributed by atoms with Gasteiger partial charge in [-0.05, 0) is 25.2 Å². The first-order valence-corrected chi connectivity index (χ1v) is 7.61. The van der Waals surface area contributed by atoms with E-state index in [1.807, 2.05) is 0 Å². The summed E-state index contributed by atoms with van der Waals surface area (Å²) in [6.07, 6.45) is 2.87. The molecule has 1 rings (SSSR count). The Morgan fingerprint density at radius 1 is 1.61 bits per heavy atom. The summed E-state index contributed by atoms with van der Waals surface area (Å²) in [5.74, 6) is 0.522. The minimum atomic E-state index is -3.38. The lowest BCUT2D eigenvalue weighted by Gasteiger charge is -2.29. The molecule has 106 valence electrons. The van der Waals surface area contributed by atoms with Gasteiger partial charge in [0.2, 0.25) is 0 Å². The Labute approximate surface area is 108 Å². The normalized spacial score (nSPS) is 23.2. The standard InChI is InChI=1S/C10H22N4O3S/c1-9-4-3-7-14(8-9)18(16,17)12-6-2-5-10(11)13-15/h9,12,15H,2-8H2,1H3,(H2,11,13). The van der Waals surface area contributed by atoms with E-state index in [0.717, 1.165) is 12.8 Å². The van der Waals surface area contributed by atoms with Gasteiger partial charge in [-0.1, -0.05) is 12.1 Å². The van der Waals surface area contributed by atoms with Gasteiger partial charge in [0.15, 0.2) is 0 Å². The monoisotopic (exact) mass is 278 g/mol. The molecule has 0 spiro atoms. The molecule has 1 saturated heterocycles. The maximum atomic E-state index is 11.9. The average molecular weight is 278 g/mol. The zero-order chi connectivity index (χ0) is 13.6. The van der Waals surface area contributed by atoms with E-state index in [1.54, 1.807) is 0 Å². The molecule has 0 saturated carbocycles. The highest BCUT2D eigenvalue weighted by Gasteiger charge is 2.26. The fourth-order valence-electron chi connectivity index (χ4n) is 1.98. The predicted octanol–water partition coefficient (Wildman–Crippen LogP) is 0.0793. The van der Waals surface area contributed by atoms with Crippen LogP contribution in [0.5, 0.6) is 0 Å². The van der Waals surface area contributed by atoms with Gasteiger partial charge in [0.1, 0.15) is 5.84 Å². The van der Waals surface area contributed by atoms with Crippen molar-refractivity contribution in [1.82, 2.24) is 9.03 Å². The van der Waals surface area contributed by atoms with Gasteiger partial charge < -0.3 is 10.9 Å². The quantitative estimate of drug-likeness (QED) is 0.210. The summed E-state index contributed by atoms with van der Waals surface area (Å²) in [5, 5.41) is 11.2. The largest absolute Gasteiger partial charge is 0.409 e. The molecule has 1 aliphatic rings. The molecule has 0 aromatic carbocycles. The highest BCUT2D eigenvalue weighted by atomic mass is 32.2. The van der Waals surface area contributed by atoms with E-state index in [2.05, 4.69) is 16.8 Å². The van der Waals surface area contributed by atoms with Crippen LogP contribution in [0.25, 0.3) is 0 Å². The topological polar surface area (TPSA) is 108 Å². The van der Waals surface area contributed by atoms with Crippen molar-refractivity contribution in [2.24, 2.45) is 16.8 Å². The van der Waals surface area contributed by atoms with Gasteiger partial charge in [0.05, 0.1) is 0 Å². The number of oxime groups is 1. The Bertz CT molecular complexity index is 383. The number of rotatable bonds is 6. The molecule has 0 aromatic heterocycles. The average Bonchev–Trinajstić information content (AvgIpc) is 2.34. The second-order valence-corrected chi connectivity index (χ2v) is 6.45. The molecule has 0 aromatic rings. The number of nitrogens with one attached hydrogen (secondary N) is 1. The van der Waals surface area contributed by atoms with Crippen molar-refractivity contribution < 1.29 is 13.6 Å².